The summed E-state index contributed by atoms with van der Waals surface area (Å²) >= 11 is 0. The molecule has 14 nitrogen and oxygen atoms in total. The molecule has 0 spiro atoms. The number of imide groups is 1. The van der Waals surface area contributed by atoms with Gasteiger partial charge in [0.15, 0.2) is 0 Å². The Balaban J connectivity index is 0.00000567. The van der Waals surface area contributed by atoms with Crippen LogP contribution in [-0.2, 0) is 22.5 Å². The Labute approximate surface area is 334 Å². The predicted octanol–water partition coefficient (Wildman–Crippen LogP) is 5.52. The predicted molar refractivity (Wildman–Crippen MR) is 219 cm³/mol. The second kappa shape index (κ2) is 17.8. The number of benzene rings is 2. The van der Waals surface area contributed by atoms with E-state index in [1.165, 1.54) is 12.0 Å². The molecule has 5 heterocycles. The summed E-state index contributed by atoms with van der Waals surface area (Å²) in [5.74, 6) is 1.54. The molecule has 0 saturated carbocycles. The molecule has 1 N–H and O–H groups in total. The Morgan fingerprint density at radius 2 is 1.53 bits per heavy atom. The smallest absolute Gasteiger partial charge is 0.328 e. The highest BCUT2D eigenvalue weighted by Gasteiger charge is 2.31. The van der Waals surface area contributed by atoms with Gasteiger partial charge >= 0.3 is 6.03 Å². The number of hydrogen-bond acceptors (Lipinski definition) is 10. The van der Waals surface area contributed by atoms with Crippen LogP contribution in [-0.4, -0.2) is 110 Å². The van der Waals surface area contributed by atoms with Gasteiger partial charge in [-0.15, -0.1) is 0 Å². The van der Waals surface area contributed by atoms with Gasteiger partial charge in [0.2, 0.25) is 5.91 Å². The van der Waals surface area contributed by atoms with E-state index in [1.807, 2.05) is 29.3 Å². The van der Waals surface area contributed by atoms with Crippen LogP contribution in [0.5, 0.6) is 17.2 Å². The number of amides is 4. The van der Waals surface area contributed by atoms with Crippen molar-refractivity contribution in [3.8, 4) is 28.4 Å². The van der Waals surface area contributed by atoms with Crippen molar-refractivity contribution in [1.82, 2.24) is 24.7 Å². The number of nitrogens with zero attached hydrogens (tertiary/aromatic N) is 5. The van der Waals surface area contributed by atoms with E-state index in [1.54, 1.807) is 49.4 Å². The van der Waals surface area contributed by atoms with Crippen LogP contribution in [0.25, 0.3) is 21.9 Å². The quantitative estimate of drug-likeness (QED) is 0.184. The Morgan fingerprint density at radius 3 is 2.18 bits per heavy atom. The molecule has 0 unspecified atom stereocenters. The first kappa shape index (κ1) is 39.8. The van der Waals surface area contributed by atoms with Crippen molar-refractivity contribution in [2.24, 2.45) is 0 Å². The highest BCUT2D eigenvalue weighted by Crippen LogP contribution is 2.38. The van der Waals surface area contributed by atoms with Gasteiger partial charge in [0.25, 0.3) is 11.5 Å². The molecule has 14 heteroatoms. The zero-order valence-corrected chi connectivity index (χ0v) is 33.3. The Hall–Kier alpha value is -5.47. The number of nitrogens with one attached hydrogen (secondary N) is 1. The number of rotatable bonds is 13. The third-order valence-electron chi connectivity index (χ3n) is 11.4. The number of pyridine rings is 2. The molecule has 3 saturated heterocycles. The number of piperidine rings is 2. The third kappa shape index (κ3) is 8.62. The topological polar surface area (TPSA) is 145 Å². The van der Waals surface area contributed by atoms with E-state index >= 15 is 0 Å². The van der Waals surface area contributed by atoms with Crippen LogP contribution < -0.4 is 30.0 Å². The summed E-state index contributed by atoms with van der Waals surface area (Å²) in [5, 5.41) is 3.76. The van der Waals surface area contributed by atoms with Crippen molar-refractivity contribution in [3.63, 3.8) is 0 Å². The first-order chi connectivity index (χ1) is 27.7. The number of aryl methyl sites for hydroxylation is 1. The lowest BCUT2D eigenvalue weighted by atomic mass is 9.97. The summed E-state index contributed by atoms with van der Waals surface area (Å²) in [4.78, 5) is 60.9. The summed E-state index contributed by atoms with van der Waals surface area (Å²) in [6.07, 6.45) is 10.7. The average molecular weight is 783 g/mol. The van der Waals surface area contributed by atoms with Crippen LogP contribution >= 0.6 is 0 Å². The molecule has 2 aromatic carbocycles. The van der Waals surface area contributed by atoms with Gasteiger partial charge in [-0.2, -0.15) is 0 Å². The van der Waals surface area contributed by atoms with Crippen molar-refractivity contribution < 1.29 is 34.8 Å². The van der Waals surface area contributed by atoms with Crippen molar-refractivity contribution in [2.45, 2.75) is 70.6 Å². The van der Waals surface area contributed by atoms with Gasteiger partial charge in [-0.3, -0.25) is 29.6 Å². The first-order valence-corrected chi connectivity index (χ1v) is 19.9. The van der Waals surface area contributed by atoms with Crippen LogP contribution in [0.3, 0.4) is 0 Å². The molecule has 0 aliphatic carbocycles. The fraction of sp³-hybridized carbons (Fsp3) is 0.465. The first-order valence-electron chi connectivity index (χ1n) is 19.9. The lowest BCUT2D eigenvalue weighted by Gasteiger charge is -2.37. The minimum absolute atomic E-state index is 0. The molecule has 0 radical (unpaired) electrons. The molecule has 7 rings (SSSR count). The number of fused-ring (bicyclic) bond motifs is 1. The monoisotopic (exact) mass is 782 g/mol. The molecule has 0 atom stereocenters. The van der Waals surface area contributed by atoms with Crippen LogP contribution in [0.4, 0.5) is 10.5 Å². The number of carbonyl (C=O) groups excluding carboxylic acids is 3. The Morgan fingerprint density at radius 1 is 0.842 bits per heavy atom. The summed E-state index contributed by atoms with van der Waals surface area (Å²) in [6.45, 7) is 6.76. The van der Waals surface area contributed by atoms with Crippen molar-refractivity contribution in [3.05, 3.63) is 76.5 Å². The highest BCUT2D eigenvalue weighted by molar-refractivity contribution is 6.07. The zero-order valence-electron chi connectivity index (χ0n) is 33.3. The number of anilines is 1. The normalized spacial score (nSPS) is 17.2. The molecule has 4 amide bonds. The van der Waals surface area contributed by atoms with Gasteiger partial charge in [-0.25, -0.2) is 4.79 Å². The fourth-order valence-corrected chi connectivity index (χ4v) is 8.28. The van der Waals surface area contributed by atoms with Gasteiger partial charge < -0.3 is 33.3 Å². The summed E-state index contributed by atoms with van der Waals surface area (Å²) in [6, 6.07) is 10.5. The van der Waals surface area contributed by atoms with Gasteiger partial charge in [-0.1, -0.05) is 6.92 Å². The summed E-state index contributed by atoms with van der Waals surface area (Å²) < 4.78 is 25.7. The molecule has 3 aliphatic heterocycles. The van der Waals surface area contributed by atoms with Gasteiger partial charge in [-0.05, 0) is 85.9 Å². The minimum Gasteiger partial charge on any atom is -0.496 e. The lowest BCUT2D eigenvalue weighted by molar-refractivity contribution is -0.120. The molecular weight excluding hydrogens is 729 g/mol. The van der Waals surface area contributed by atoms with Crippen molar-refractivity contribution in [1.29, 1.82) is 0 Å². The molecule has 57 heavy (non-hydrogen) atoms. The Bertz CT molecular complexity index is 2160. The van der Waals surface area contributed by atoms with Crippen molar-refractivity contribution in [2.75, 3.05) is 65.5 Å². The SMILES string of the molecule is CCCn1cc(-c2cc(OC)c(CCN3CCC(OC4CCN(C(=O)c5ccc(OC)c(N6CCC(=O)NC6=O)c5)CC4)CC3)c(OC)c2)c2ccncc2c1=O.[HH]. The standard InChI is InChI=1S/C43H52N6O8.H2/c1-5-16-48-27-35(32-8-15-44-26-34(32)42(48)52)29-24-38(55-3)33(39(25-29)56-4)13-19-46-17-9-30(10-18-46)57-31-11-20-47(21-12-31)41(51)28-6-7-37(54-2)36(23-28)49-22-14-40(50)45-43(49)53;/h6-8,15,23-27,30-31H,5,9-14,16-22H2,1-4H3,(H,45,50,53);1H. The maximum absolute atomic E-state index is 13.6. The molecule has 3 fully saturated rings. The molecule has 2 aromatic heterocycles. The van der Waals surface area contributed by atoms with E-state index in [4.69, 9.17) is 18.9 Å². The van der Waals surface area contributed by atoms with E-state index in [0.717, 1.165) is 91.7 Å². The van der Waals surface area contributed by atoms with E-state index < -0.39 is 6.03 Å². The highest BCUT2D eigenvalue weighted by atomic mass is 16.5. The third-order valence-corrected chi connectivity index (χ3v) is 11.4. The second-order valence-electron chi connectivity index (χ2n) is 14.9. The van der Waals surface area contributed by atoms with E-state index in [-0.39, 0.29) is 44.0 Å². The maximum atomic E-state index is 13.6. The fourth-order valence-electron chi connectivity index (χ4n) is 8.28. The number of carbonyl (C=O) groups is 3. The Kier molecular flexibility index (Phi) is 12.4. The largest absolute Gasteiger partial charge is 0.496 e. The van der Waals surface area contributed by atoms with Gasteiger partial charge in [0.05, 0.1) is 44.6 Å². The van der Waals surface area contributed by atoms with Crippen LogP contribution in [0.2, 0.25) is 0 Å². The number of methoxy groups -OCH3 is 3. The summed E-state index contributed by atoms with van der Waals surface area (Å²) in [7, 11) is 4.88. The van der Waals surface area contributed by atoms with Crippen LogP contribution in [0.1, 0.15) is 62.8 Å². The minimum atomic E-state index is -0.526. The zero-order chi connectivity index (χ0) is 40.1. The van der Waals surface area contributed by atoms with Crippen LogP contribution in [0.15, 0.2) is 59.8 Å². The lowest BCUT2D eigenvalue weighted by Crippen LogP contribution is -2.49. The molecule has 3 aliphatic rings. The van der Waals surface area contributed by atoms with Gasteiger partial charge in [0, 0.05) is 88.9 Å². The molecule has 4 aromatic rings. The number of hydrogen-bond donors (Lipinski definition) is 1. The molecule has 304 valence electrons. The van der Waals surface area contributed by atoms with Crippen LogP contribution in [0, 0.1) is 0 Å². The molecule has 0 bridgehead atoms. The number of urea groups is 1. The second-order valence-corrected chi connectivity index (χ2v) is 14.9. The van der Waals surface area contributed by atoms with E-state index in [0.29, 0.717) is 42.0 Å². The summed E-state index contributed by atoms with van der Waals surface area (Å²) in [5.41, 5.74) is 3.74. The number of aromatic nitrogens is 2. The average Bonchev–Trinajstić information content (AvgIpc) is 3.24. The van der Waals surface area contributed by atoms with Crippen molar-refractivity contribution >= 4 is 34.3 Å². The van der Waals surface area contributed by atoms with E-state index in [2.05, 4.69) is 22.1 Å². The number of ether oxygens (including phenoxy) is 4. The molecular formula is C43H54N6O8. The van der Waals surface area contributed by atoms with Gasteiger partial charge in [0.1, 0.15) is 17.2 Å². The maximum Gasteiger partial charge on any atom is 0.328 e. The van der Waals surface area contributed by atoms with E-state index in [9.17, 15) is 19.2 Å². The number of likely N-dealkylation sites (tertiary alicyclic amines) is 2.